The zero-order chi connectivity index (χ0) is 21.5. The summed E-state index contributed by atoms with van der Waals surface area (Å²) in [5.74, 6) is 0.0590. The third-order valence-electron chi connectivity index (χ3n) is 6.37. The highest BCUT2D eigenvalue weighted by Crippen LogP contribution is 2.32. The van der Waals surface area contributed by atoms with E-state index in [9.17, 15) is 14.0 Å². The Hall–Kier alpha value is -3.48. The molecule has 1 N–H and O–H groups in total. The molecule has 5 rings (SSSR count). The van der Waals surface area contributed by atoms with Crippen LogP contribution in [0.2, 0.25) is 0 Å². The van der Waals surface area contributed by atoms with Crippen LogP contribution in [-0.2, 0) is 11.2 Å². The van der Waals surface area contributed by atoms with Crippen LogP contribution in [0.15, 0.2) is 59.8 Å². The van der Waals surface area contributed by atoms with Crippen LogP contribution in [-0.4, -0.2) is 38.4 Å². The summed E-state index contributed by atoms with van der Waals surface area (Å²) in [7, 11) is 0. The zero-order valence-electron chi connectivity index (χ0n) is 17.2. The van der Waals surface area contributed by atoms with Gasteiger partial charge < -0.3 is 14.5 Å². The second kappa shape index (κ2) is 7.65. The van der Waals surface area contributed by atoms with Gasteiger partial charge in [-0.1, -0.05) is 19.1 Å². The van der Waals surface area contributed by atoms with E-state index < -0.39 is 0 Å². The summed E-state index contributed by atoms with van der Waals surface area (Å²) in [6.45, 7) is 3.44. The molecule has 7 heteroatoms. The molecule has 6 nitrogen and oxygen atoms in total. The van der Waals surface area contributed by atoms with Crippen molar-refractivity contribution in [2.75, 3.05) is 13.1 Å². The maximum absolute atomic E-state index is 13.2. The predicted molar refractivity (Wildman–Crippen MR) is 117 cm³/mol. The van der Waals surface area contributed by atoms with Gasteiger partial charge in [-0.15, -0.1) is 0 Å². The van der Waals surface area contributed by atoms with Gasteiger partial charge in [0.05, 0.1) is 23.4 Å². The number of hydrogen-bond donors (Lipinski definition) is 1. The van der Waals surface area contributed by atoms with Crippen molar-refractivity contribution in [2.24, 2.45) is 5.92 Å². The summed E-state index contributed by atoms with van der Waals surface area (Å²) in [6, 6.07) is 9.62. The first-order valence-electron chi connectivity index (χ1n) is 10.5. The minimum atomic E-state index is -0.307. The molecule has 0 saturated carbocycles. The van der Waals surface area contributed by atoms with Gasteiger partial charge >= 0.3 is 0 Å². The fourth-order valence-electron chi connectivity index (χ4n) is 4.57. The molecule has 0 spiro atoms. The normalized spacial score (nSPS) is 19.2. The SMILES string of the molecule is C[C@@H]1CCN(C(=O)Cc2ccc(F)cc2)C[C@@H]1n1ccc(=O)c2cnc3[nH]ccc3c21. The Morgan fingerprint density at radius 1 is 1.19 bits per heavy atom. The molecule has 2 atom stereocenters. The van der Waals surface area contributed by atoms with Crippen molar-refractivity contribution in [1.82, 2.24) is 19.4 Å². The number of fused-ring (bicyclic) bond motifs is 3. The number of aromatic amines is 1. The summed E-state index contributed by atoms with van der Waals surface area (Å²) >= 11 is 0. The molecule has 1 aromatic carbocycles. The zero-order valence-corrected chi connectivity index (χ0v) is 17.2. The molecule has 158 valence electrons. The molecule has 1 saturated heterocycles. The Morgan fingerprint density at radius 2 is 2.00 bits per heavy atom. The van der Waals surface area contributed by atoms with Crippen LogP contribution < -0.4 is 5.43 Å². The first-order chi connectivity index (χ1) is 15.0. The highest BCUT2D eigenvalue weighted by Gasteiger charge is 2.31. The molecule has 1 aliphatic heterocycles. The number of H-pyrrole nitrogens is 1. The fraction of sp³-hybridized carbons (Fsp3) is 0.292. The molecule has 3 aromatic heterocycles. The first-order valence-corrected chi connectivity index (χ1v) is 10.5. The van der Waals surface area contributed by atoms with Gasteiger partial charge in [-0.3, -0.25) is 9.59 Å². The van der Waals surface area contributed by atoms with Crippen LogP contribution in [0.25, 0.3) is 21.9 Å². The molecule has 0 aliphatic carbocycles. The van der Waals surface area contributed by atoms with Gasteiger partial charge in [0.15, 0.2) is 5.43 Å². The fourth-order valence-corrected chi connectivity index (χ4v) is 4.57. The van der Waals surface area contributed by atoms with Crippen LogP contribution in [0.3, 0.4) is 0 Å². The third-order valence-corrected chi connectivity index (χ3v) is 6.37. The van der Waals surface area contributed by atoms with Crippen molar-refractivity contribution in [3.8, 4) is 0 Å². The number of nitrogens with zero attached hydrogens (tertiary/aromatic N) is 3. The number of hydrogen-bond acceptors (Lipinski definition) is 3. The summed E-state index contributed by atoms with van der Waals surface area (Å²) in [4.78, 5) is 34.9. The predicted octanol–water partition coefficient (Wildman–Crippen LogP) is 3.67. The van der Waals surface area contributed by atoms with E-state index in [-0.39, 0.29) is 29.6 Å². The topological polar surface area (TPSA) is 71.0 Å². The van der Waals surface area contributed by atoms with Crippen molar-refractivity contribution in [3.05, 3.63) is 76.6 Å². The van der Waals surface area contributed by atoms with Crippen molar-refractivity contribution in [2.45, 2.75) is 25.8 Å². The number of rotatable bonds is 3. The van der Waals surface area contributed by atoms with Crippen molar-refractivity contribution < 1.29 is 9.18 Å². The standard InChI is InChI=1S/C24H23FN4O2/c1-15-7-10-28(22(31)12-16-2-4-17(25)5-3-16)14-20(15)29-11-8-21(30)19-13-27-24-18(23(19)29)6-9-26-24/h2-6,8-9,11,13,15,20H,7,10,12,14H2,1H3,(H,26,27)/t15-,20+/m1/s1. The number of carbonyl (C=O) groups excluding carboxylic acids is 1. The maximum Gasteiger partial charge on any atom is 0.227 e. The largest absolute Gasteiger partial charge is 0.346 e. The number of likely N-dealkylation sites (tertiary alicyclic amines) is 1. The van der Waals surface area contributed by atoms with Gasteiger partial charge in [-0.25, -0.2) is 9.37 Å². The summed E-state index contributed by atoms with van der Waals surface area (Å²) in [5.41, 5.74) is 2.33. The lowest BCUT2D eigenvalue weighted by molar-refractivity contribution is -0.132. The highest BCUT2D eigenvalue weighted by atomic mass is 19.1. The average Bonchev–Trinajstić information content (AvgIpc) is 3.25. The molecule has 1 aliphatic rings. The van der Waals surface area contributed by atoms with Gasteiger partial charge in [0.1, 0.15) is 11.5 Å². The number of aromatic nitrogens is 3. The molecule has 0 radical (unpaired) electrons. The molecular weight excluding hydrogens is 395 g/mol. The molecule has 0 unspecified atom stereocenters. The Balaban J connectivity index is 1.49. The van der Waals surface area contributed by atoms with E-state index in [4.69, 9.17) is 0 Å². The van der Waals surface area contributed by atoms with Crippen molar-refractivity contribution >= 4 is 27.8 Å². The van der Waals surface area contributed by atoms with Crippen molar-refractivity contribution in [3.63, 3.8) is 0 Å². The van der Waals surface area contributed by atoms with Crippen LogP contribution in [0.5, 0.6) is 0 Å². The molecule has 31 heavy (non-hydrogen) atoms. The second-order valence-electron chi connectivity index (χ2n) is 8.32. The average molecular weight is 418 g/mol. The highest BCUT2D eigenvalue weighted by molar-refractivity contribution is 6.02. The third kappa shape index (κ3) is 3.50. The minimum Gasteiger partial charge on any atom is -0.346 e. The Labute approximate surface area is 178 Å². The van der Waals surface area contributed by atoms with Gasteiger partial charge in [-0.05, 0) is 36.1 Å². The molecule has 0 bridgehead atoms. The smallest absolute Gasteiger partial charge is 0.227 e. The van der Waals surface area contributed by atoms with Crippen LogP contribution in [0.4, 0.5) is 4.39 Å². The number of pyridine rings is 2. The molecule has 1 fully saturated rings. The Bertz CT molecular complexity index is 1330. The summed E-state index contributed by atoms with van der Waals surface area (Å²) < 4.78 is 15.3. The van der Waals surface area contributed by atoms with E-state index >= 15 is 0 Å². The first kappa shape index (κ1) is 19.5. The summed E-state index contributed by atoms with van der Waals surface area (Å²) in [6.07, 6.45) is 6.40. The number of piperidine rings is 1. The van der Waals surface area contributed by atoms with E-state index in [0.29, 0.717) is 24.4 Å². The van der Waals surface area contributed by atoms with E-state index in [0.717, 1.165) is 28.5 Å². The van der Waals surface area contributed by atoms with Crippen LogP contribution in [0, 0.1) is 11.7 Å². The Kier molecular flexibility index (Phi) is 4.81. The van der Waals surface area contributed by atoms with Gasteiger partial charge in [0, 0.05) is 43.1 Å². The lowest BCUT2D eigenvalue weighted by Crippen LogP contribution is -2.44. The van der Waals surface area contributed by atoms with Gasteiger partial charge in [0.25, 0.3) is 0 Å². The molecule has 1 amide bonds. The maximum atomic E-state index is 13.2. The Morgan fingerprint density at radius 3 is 2.81 bits per heavy atom. The molecule has 4 heterocycles. The lowest BCUT2D eigenvalue weighted by Gasteiger charge is -2.39. The number of amides is 1. The van der Waals surface area contributed by atoms with Crippen LogP contribution >= 0.6 is 0 Å². The molecule has 4 aromatic rings. The minimum absolute atomic E-state index is 0.0299. The number of halogens is 1. The summed E-state index contributed by atoms with van der Waals surface area (Å²) in [5, 5.41) is 1.48. The number of carbonyl (C=O) groups is 1. The van der Waals surface area contributed by atoms with E-state index in [1.807, 2.05) is 23.4 Å². The van der Waals surface area contributed by atoms with E-state index in [1.165, 1.54) is 12.1 Å². The second-order valence-corrected chi connectivity index (χ2v) is 8.32. The monoisotopic (exact) mass is 418 g/mol. The van der Waals surface area contributed by atoms with Crippen LogP contribution in [0.1, 0.15) is 24.9 Å². The van der Waals surface area contributed by atoms with Crippen molar-refractivity contribution in [1.29, 1.82) is 0 Å². The number of benzene rings is 1. The number of nitrogens with one attached hydrogen (secondary N) is 1. The molecular formula is C24H23FN4O2. The van der Waals surface area contributed by atoms with Gasteiger partial charge in [-0.2, -0.15) is 0 Å². The quantitative estimate of drug-likeness (QED) is 0.552. The lowest BCUT2D eigenvalue weighted by atomic mass is 9.92. The van der Waals surface area contributed by atoms with E-state index in [2.05, 4.69) is 21.5 Å². The van der Waals surface area contributed by atoms with Gasteiger partial charge in [0.2, 0.25) is 5.91 Å². The van der Waals surface area contributed by atoms with E-state index in [1.54, 1.807) is 24.4 Å².